The number of likely N-dealkylation sites (N-methyl/N-ethyl adjacent to an activating group) is 1. The highest BCUT2D eigenvalue weighted by Gasteiger charge is 2.37. The molecule has 47 heavy (non-hydrogen) atoms. The molecule has 4 aromatic rings. The lowest BCUT2D eigenvalue weighted by Gasteiger charge is -2.22. The third kappa shape index (κ3) is 7.48. The van der Waals surface area contributed by atoms with E-state index in [1.54, 1.807) is 30.1 Å². The van der Waals surface area contributed by atoms with Crippen LogP contribution in [0, 0.1) is 5.82 Å². The first-order valence-corrected chi connectivity index (χ1v) is 17.6. The van der Waals surface area contributed by atoms with Crippen molar-refractivity contribution in [1.29, 1.82) is 0 Å². The Balaban J connectivity index is 1.30. The number of nitrogens with zero attached hydrogens (tertiary/aromatic N) is 6. The van der Waals surface area contributed by atoms with E-state index in [9.17, 15) is 17.2 Å². The van der Waals surface area contributed by atoms with Crippen molar-refractivity contribution in [3.63, 3.8) is 0 Å². The van der Waals surface area contributed by atoms with Crippen LogP contribution in [0.25, 0.3) is 32.9 Å². The summed E-state index contributed by atoms with van der Waals surface area (Å²) >= 11 is 6.54. The smallest absolute Gasteiger partial charge is 0.319 e. The van der Waals surface area contributed by atoms with Crippen molar-refractivity contribution in [3.8, 4) is 17.3 Å². The van der Waals surface area contributed by atoms with Crippen molar-refractivity contribution in [2.24, 2.45) is 0 Å². The van der Waals surface area contributed by atoms with Crippen molar-refractivity contribution in [2.45, 2.75) is 31.2 Å². The number of anilines is 1. The summed E-state index contributed by atoms with van der Waals surface area (Å²) in [5.41, 5.74) is 0.552. The van der Waals surface area contributed by atoms with Gasteiger partial charge in [-0.05, 0) is 37.9 Å². The van der Waals surface area contributed by atoms with Crippen molar-refractivity contribution in [1.82, 2.24) is 24.8 Å². The second-order valence-corrected chi connectivity index (χ2v) is 14.7. The van der Waals surface area contributed by atoms with Gasteiger partial charge < -0.3 is 14.5 Å². The maximum absolute atomic E-state index is 16.5. The molecule has 9 nitrogen and oxygen atoms in total. The third-order valence-corrected chi connectivity index (χ3v) is 10.5. The molecule has 2 aromatic heterocycles. The summed E-state index contributed by atoms with van der Waals surface area (Å²) in [6.07, 6.45) is 4.63. The van der Waals surface area contributed by atoms with Crippen LogP contribution in [0.15, 0.2) is 54.1 Å². The third-order valence-electron chi connectivity index (χ3n) is 8.82. The minimum absolute atomic E-state index is 0.00762. The number of pyridine rings is 1. The molecule has 2 aliphatic heterocycles. The number of halogens is 4. The highest BCUT2D eigenvalue weighted by molar-refractivity contribution is 7.94. The van der Waals surface area contributed by atoms with Gasteiger partial charge in [-0.2, -0.15) is 9.97 Å². The van der Waals surface area contributed by atoms with E-state index in [-0.39, 0.29) is 72.8 Å². The Morgan fingerprint density at radius 1 is 1.17 bits per heavy atom. The van der Waals surface area contributed by atoms with Crippen LogP contribution in [-0.4, -0.2) is 104 Å². The SMILES string of the molecule is CN(CCS(=O)(=O)/C=C/CN1CCC(F)(F)C1)c1nc(OC[C@@H]2CCCN2C)nc2c(F)c(-c3cccc4cccc(Cl)c34)ncc12. The summed E-state index contributed by atoms with van der Waals surface area (Å²) in [5.74, 6) is -3.45. The maximum Gasteiger partial charge on any atom is 0.319 e. The predicted molar refractivity (Wildman–Crippen MR) is 179 cm³/mol. The van der Waals surface area contributed by atoms with Gasteiger partial charge in [-0.1, -0.05) is 48.0 Å². The number of sulfone groups is 1. The van der Waals surface area contributed by atoms with Gasteiger partial charge in [0.15, 0.2) is 15.7 Å². The van der Waals surface area contributed by atoms with E-state index in [1.165, 1.54) is 17.2 Å². The first-order chi connectivity index (χ1) is 22.4. The number of likely N-dealkylation sites (tertiary alicyclic amines) is 2. The molecule has 250 valence electrons. The van der Waals surface area contributed by atoms with E-state index in [0.717, 1.165) is 30.2 Å². The largest absolute Gasteiger partial charge is 0.462 e. The van der Waals surface area contributed by atoms with Crippen LogP contribution in [0.3, 0.4) is 0 Å². The molecule has 0 spiro atoms. The van der Waals surface area contributed by atoms with E-state index in [2.05, 4.69) is 19.9 Å². The zero-order valence-electron chi connectivity index (χ0n) is 26.2. The lowest BCUT2D eigenvalue weighted by atomic mass is 10.0. The number of hydrogen-bond donors (Lipinski definition) is 0. The van der Waals surface area contributed by atoms with Gasteiger partial charge in [0.25, 0.3) is 5.92 Å². The molecule has 6 rings (SSSR count). The van der Waals surface area contributed by atoms with Gasteiger partial charge >= 0.3 is 6.01 Å². The number of ether oxygens (including phenoxy) is 1. The van der Waals surface area contributed by atoms with Crippen LogP contribution >= 0.6 is 11.6 Å². The van der Waals surface area contributed by atoms with Crippen LogP contribution in [0.1, 0.15) is 19.3 Å². The molecule has 0 N–H and O–H groups in total. The Kier molecular flexibility index (Phi) is 9.62. The molecular formula is C33H36ClF3N6O3S. The quantitative estimate of drug-likeness (QED) is 0.194. The summed E-state index contributed by atoms with van der Waals surface area (Å²) in [6.45, 7) is 1.21. The second-order valence-electron chi connectivity index (χ2n) is 12.2. The Morgan fingerprint density at radius 3 is 2.68 bits per heavy atom. The van der Waals surface area contributed by atoms with Gasteiger partial charge in [0.05, 0.1) is 17.7 Å². The number of rotatable bonds is 11. The van der Waals surface area contributed by atoms with Crippen molar-refractivity contribution >= 4 is 48.9 Å². The van der Waals surface area contributed by atoms with Crippen LogP contribution in [-0.2, 0) is 9.84 Å². The van der Waals surface area contributed by atoms with Gasteiger partial charge in [-0.15, -0.1) is 0 Å². The second kappa shape index (κ2) is 13.5. The molecule has 14 heteroatoms. The van der Waals surface area contributed by atoms with Crippen LogP contribution in [0.5, 0.6) is 6.01 Å². The fraction of sp³-hybridized carbons (Fsp3) is 0.424. The minimum atomic E-state index is -3.69. The fourth-order valence-electron chi connectivity index (χ4n) is 6.16. The van der Waals surface area contributed by atoms with Crippen molar-refractivity contribution in [2.75, 3.05) is 64.1 Å². The van der Waals surface area contributed by atoms with E-state index >= 15 is 4.39 Å². The lowest BCUT2D eigenvalue weighted by molar-refractivity contribution is 0.0133. The molecule has 2 aliphatic rings. The zero-order valence-corrected chi connectivity index (χ0v) is 27.7. The Bertz CT molecular complexity index is 1920. The normalized spacial score (nSPS) is 19.0. The minimum Gasteiger partial charge on any atom is -0.462 e. The summed E-state index contributed by atoms with van der Waals surface area (Å²) in [6, 6.07) is 11.0. The number of alkyl halides is 2. The van der Waals surface area contributed by atoms with Gasteiger partial charge in [0.1, 0.15) is 23.6 Å². The van der Waals surface area contributed by atoms with Gasteiger partial charge in [0, 0.05) is 66.7 Å². The molecule has 2 saturated heterocycles. The average Bonchev–Trinajstić information content (AvgIpc) is 3.61. The molecule has 0 saturated carbocycles. The van der Waals surface area contributed by atoms with Gasteiger partial charge in [-0.3, -0.25) is 9.88 Å². The van der Waals surface area contributed by atoms with Crippen LogP contribution in [0.4, 0.5) is 19.0 Å². The lowest BCUT2D eigenvalue weighted by Crippen LogP contribution is -2.31. The summed E-state index contributed by atoms with van der Waals surface area (Å²) in [7, 11) is -0.0220. The van der Waals surface area contributed by atoms with Crippen molar-refractivity contribution < 1.29 is 26.3 Å². The van der Waals surface area contributed by atoms with E-state index in [4.69, 9.17) is 16.3 Å². The number of benzene rings is 2. The number of fused-ring (bicyclic) bond motifs is 2. The molecule has 0 bridgehead atoms. The Labute approximate surface area is 276 Å². The highest BCUT2D eigenvalue weighted by atomic mass is 35.5. The van der Waals surface area contributed by atoms with Crippen LogP contribution < -0.4 is 9.64 Å². The molecule has 0 unspecified atom stereocenters. The first-order valence-electron chi connectivity index (χ1n) is 15.5. The first kappa shape index (κ1) is 33.4. The average molecular weight is 689 g/mol. The van der Waals surface area contributed by atoms with Gasteiger partial charge in [-0.25, -0.2) is 21.6 Å². The van der Waals surface area contributed by atoms with E-state index in [0.29, 0.717) is 22.6 Å². The highest BCUT2D eigenvalue weighted by Crippen LogP contribution is 2.37. The van der Waals surface area contributed by atoms with E-state index < -0.39 is 21.6 Å². The van der Waals surface area contributed by atoms with Crippen molar-refractivity contribution in [3.05, 3.63) is 64.9 Å². The standard InChI is InChI=1S/C33H36ClF3N6O3S/c1-41-13-5-9-23(41)20-46-32-39-30-25(19-38-29(28(30)35)24-10-3-7-22-8-4-11-26(34)27(22)24)31(40-32)42(2)16-18-47(44,45)17-6-14-43-15-12-33(36,37)21-43/h3-4,6-8,10-11,17,19,23H,5,9,12-16,18,20-21H2,1-2H3/b17-6+/t23-/m0/s1. The maximum atomic E-state index is 16.5. The zero-order chi connectivity index (χ0) is 33.3. The summed E-state index contributed by atoms with van der Waals surface area (Å²) < 4.78 is 75.2. The summed E-state index contributed by atoms with van der Waals surface area (Å²) in [5, 5.41) is 3.29. The Morgan fingerprint density at radius 2 is 1.96 bits per heavy atom. The molecule has 1 atom stereocenters. The molecule has 0 radical (unpaired) electrons. The predicted octanol–water partition coefficient (Wildman–Crippen LogP) is 5.82. The van der Waals surface area contributed by atoms with Crippen LogP contribution in [0.2, 0.25) is 5.02 Å². The topological polar surface area (TPSA) is 91.8 Å². The molecule has 4 heterocycles. The van der Waals surface area contributed by atoms with E-state index in [1.807, 2.05) is 25.2 Å². The molecule has 0 aliphatic carbocycles. The molecule has 2 fully saturated rings. The monoisotopic (exact) mass is 688 g/mol. The molecule has 0 amide bonds. The Hall–Kier alpha value is -3.52. The molecule has 2 aromatic carbocycles. The fourth-order valence-corrected chi connectivity index (χ4v) is 7.49. The van der Waals surface area contributed by atoms with Gasteiger partial charge in [0.2, 0.25) is 0 Å². The molecular weight excluding hydrogens is 653 g/mol. The summed E-state index contributed by atoms with van der Waals surface area (Å²) in [4.78, 5) is 18.8. The number of aromatic nitrogens is 3. The number of hydrogen-bond acceptors (Lipinski definition) is 9.